The van der Waals surface area contributed by atoms with Crippen LogP contribution in [-0.4, -0.2) is 72.0 Å². The number of nitrogens with zero attached hydrogens (tertiary/aromatic N) is 1. The average Bonchev–Trinajstić information content (AvgIpc) is 3.08. The monoisotopic (exact) mass is 536 g/mol. The van der Waals surface area contributed by atoms with Crippen LogP contribution in [0, 0.1) is 23.2 Å². The third kappa shape index (κ3) is 8.67. The van der Waals surface area contributed by atoms with Gasteiger partial charge in [-0.3, -0.25) is 9.59 Å². The second-order valence-electron chi connectivity index (χ2n) is 11.0. The van der Waals surface area contributed by atoms with Gasteiger partial charge in [-0.2, -0.15) is 0 Å². The Labute approximate surface area is 221 Å². The molecule has 8 nitrogen and oxygen atoms in total. The van der Waals surface area contributed by atoms with Crippen molar-refractivity contribution in [2.24, 2.45) is 23.2 Å². The van der Waals surface area contributed by atoms with Crippen LogP contribution in [-0.2, 0) is 14.3 Å². The third-order valence-electron chi connectivity index (χ3n) is 6.92. The molecule has 0 aromatic rings. The van der Waals surface area contributed by atoms with Crippen LogP contribution in [0.1, 0.15) is 68.2 Å². The minimum atomic E-state index is -0.822. The summed E-state index contributed by atoms with van der Waals surface area (Å²) in [5.74, 6) is -1.26. The Morgan fingerprint density at radius 1 is 1.09 bits per heavy atom. The molecule has 1 aliphatic rings. The van der Waals surface area contributed by atoms with Crippen LogP contribution in [0.2, 0.25) is 0 Å². The van der Waals surface area contributed by atoms with E-state index in [0.717, 1.165) is 12.8 Å². The van der Waals surface area contributed by atoms with Gasteiger partial charge in [0, 0.05) is 25.6 Å². The minimum absolute atomic E-state index is 0.0810. The van der Waals surface area contributed by atoms with E-state index in [0.29, 0.717) is 6.61 Å². The Balaban J connectivity index is 3.13. The first kappa shape index (κ1) is 31.8. The number of likely N-dealkylation sites (tertiary alicyclic amines) is 1. The number of hydrogen-bond acceptors (Lipinski definition) is 4. The lowest BCUT2D eigenvalue weighted by Crippen LogP contribution is -2.59. The van der Waals surface area contributed by atoms with Crippen molar-refractivity contribution in [1.29, 1.82) is 0 Å². The Kier molecular flexibility index (Phi) is 12.6. The van der Waals surface area contributed by atoms with Crippen molar-refractivity contribution in [2.75, 3.05) is 20.3 Å². The van der Waals surface area contributed by atoms with E-state index in [9.17, 15) is 14.4 Å². The van der Waals surface area contributed by atoms with Crippen LogP contribution in [0.4, 0.5) is 4.79 Å². The molecule has 1 saturated heterocycles. The van der Waals surface area contributed by atoms with Crippen molar-refractivity contribution in [3.05, 3.63) is 0 Å². The van der Waals surface area contributed by atoms with Crippen LogP contribution >= 0.6 is 23.2 Å². The van der Waals surface area contributed by atoms with Gasteiger partial charge in [-0.1, -0.05) is 48.0 Å². The number of carbonyl (C=O) groups is 3. The van der Waals surface area contributed by atoms with Gasteiger partial charge in [0.2, 0.25) is 11.8 Å². The number of methoxy groups -OCH3 is 1. The molecule has 10 heteroatoms. The van der Waals surface area contributed by atoms with Crippen LogP contribution in [0.5, 0.6) is 0 Å². The number of carbonyl (C=O) groups excluding carboxylic acids is 3. The lowest BCUT2D eigenvalue weighted by atomic mass is 9.80. The number of hydrogen-bond donors (Lipinski definition) is 3. The first-order valence-corrected chi connectivity index (χ1v) is 13.5. The largest absolute Gasteiger partial charge is 0.383 e. The fourth-order valence-corrected chi connectivity index (χ4v) is 5.41. The second kappa shape index (κ2) is 13.9. The quantitative estimate of drug-likeness (QED) is 0.329. The van der Waals surface area contributed by atoms with Crippen LogP contribution < -0.4 is 16.0 Å². The van der Waals surface area contributed by atoms with Gasteiger partial charge >= 0.3 is 6.03 Å². The zero-order chi connectivity index (χ0) is 27.1. The molecular weight excluding hydrogens is 491 g/mol. The van der Waals surface area contributed by atoms with E-state index in [4.69, 9.17) is 27.9 Å². The molecule has 5 atom stereocenters. The van der Waals surface area contributed by atoms with E-state index >= 15 is 0 Å². The van der Waals surface area contributed by atoms with Gasteiger partial charge < -0.3 is 25.6 Å². The summed E-state index contributed by atoms with van der Waals surface area (Å²) in [5, 5.41) is 8.77. The highest BCUT2D eigenvalue weighted by molar-refractivity contribution is 6.44. The van der Waals surface area contributed by atoms with E-state index in [1.165, 1.54) is 4.90 Å². The maximum Gasteiger partial charge on any atom is 0.315 e. The molecular formula is C25H46Cl2N4O4. The van der Waals surface area contributed by atoms with Gasteiger partial charge in [-0.25, -0.2) is 4.79 Å². The summed E-state index contributed by atoms with van der Waals surface area (Å²) in [6.07, 6.45) is 1.88. The summed E-state index contributed by atoms with van der Waals surface area (Å²) in [7, 11) is 1.60. The molecule has 0 radical (unpaired) electrons. The summed E-state index contributed by atoms with van der Waals surface area (Å²) < 4.78 is 5.35. The maximum absolute atomic E-state index is 13.7. The van der Waals surface area contributed by atoms with Gasteiger partial charge in [0.05, 0.1) is 12.6 Å². The van der Waals surface area contributed by atoms with Gasteiger partial charge in [-0.15, -0.1) is 23.2 Å². The smallest absolute Gasteiger partial charge is 0.315 e. The fraction of sp³-hybridized carbons (Fsp3) is 0.880. The Morgan fingerprint density at radius 2 is 1.69 bits per heavy atom. The standard InChI is InChI=1S/C25H46Cl2N4O4/c1-10-11-25(7,8)18(13-35-9)29-24(34)30-19(14(2)3)23(33)31-12-17(21(26)27)16(6)20(31)22(32)28-15(4)5/h14-21H,10-13H2,1-9H3,(H,28,32)(H2,29,30,34)/t16?,17-,18?,19?,20?/m0/s1. The van der Waals surface area contributed by atoms with E-state index < -0.39 is 23.0 Å². The highest BCUT2D eigenvalue weighted by Gasteiger charge is 2.49. The molecule has 1 fully saturated rings. The Hall–Kier alpha value is -1.25. The molecule has 4 unspecified atom stereocenters. The fourth-order valence-electron chi connectivity index (χ4n) is 4.79. The van der Waals surface area contributed by atoms with Gasteiger partial charge in [0.25, 0.3) is 0 Å². The summed E-state index contributed by atoms with van der Waals surface area (Å²) in [6.45, 7) is 16.2. The molecule has 35 heavy (non-hydrogen) atoms. The topological polar surface area (TPSA) is 99.8 Å². The highest BCUT2D eigenvalue weighted by atomic mass is 35.5. The van der Waals surface area contributed by atoms with Gasteiger partial charge in [0.15, 0.2) is 0 Å². The van der Waals surface area contributed by atoms with Crippen molar-refractivity contribution in [3.8, 4) is 0 Å². The predicted octanol–water partition coefficient (Wildman–Crippen LogP) is 3.94. The van der Waals surface area contributed by atoms with Crippen LogP contribution in [0.15, 0.2) is 0 Å². The molecule has 4 amide bonds. The molecule has 204 valence electrons. The SMILES string of the molecule is CCCC(C)(C)C(COC)NC(=O)NC(C(=O)N1C[C@H](C(Cl)Cl)C(C)C1C(=O)NC(C)C)C(C)C. The molecule has 0 saturated carbocycles. The third-order valence-corrected chi connectivity index (χ3v) is 7.57. The zero-order valence-electron chi connectivity index (χ0n) is 22.8. The number of nitrogens with one attached hydrogen (secondary N) is 3. The number of ether oxygens (including phenoxy) is 1. The number of halogens is 2. The Morgan fingerprint density at radius 3 is 2.14 bits per heavy atom. The molecule has 0 aliphatic carbocycles. The van der Waals surface area contributed by atoms with E-state index in [-0.39, 0.29) is 53.6 Å². The molecule has 0 aromatic carbocycles. The number of amides is 4. The molecule has 1 rings (SSSR count). The predicted molar refractivity (Wildman–Crippen MR) is 142 cm³/mol. The molecule has 0 spiro atoms. The number of rotatable bonds is 12. The minimum Gasteiger partial charge on any atom is -0.383 e. The molecule has 0 bridgehead atoms. The summed E-state index contributed by atoms with van der Waals surface area (Å²) in [5.41, 5.74) is -0.188. The van der Waals surface area contributed by atoms with Crippen molar-refractivity contribution in [3.63, 3.8) is 0 Å². The molecule has 3 N–H and O–H groups in total. The zero-order valence-corrected chi connectivity index (χ0v) is 24.3. The van der Waals surface area contributed by atoms with Crippen molar-refractivity contribution < 1.29 is 19.1 Å². The average molecular weight is 538 g/mol. The van der Waals surface area contributed by atoms with Crippen molar-refractivity contribution in [1.82, 2.24) is 20.9 Å². The second-order valence-corrected chi connectivity index (χ2v) is 12.2. The van der Waals surface area contributed by atoms with Crippen LogP contribution in [0.25, 0.3) is 0 Å². The molecule has 0 aromatic heterocycles. The molecule has 1 aliphatic heterocycles. The summed E-state index contributed by atoms with van der Waals surface area (Å²) >= 11 is 12.4. The van der Waals surface area contributed by atoms with E-state index in [1.807, 2.05) is 34.6 Å². The highest BCUT2D eigenvalue weighted by Crippen LogP contribution is 2.36. The summed E-state index contributed by atoms with van der Waals surface area (Å²) in [4.78, 5) is 40.6. The lowest BCUT2D eigenvalue weighted by molar-refractivity contribution is -0.141. The van der Waals surface area contributed by atoms with Crippen LogP contribution in [0.3, 0.4) is 0 Å². The lowest BCUT2D eigenvalue weighted by Gasteiger charge is -2.36. The van der Waals surface area contributed by atoms with E-state index in [2.05, 4.69) is 36.7 Å². The maximum atomic E-state index is 13.7. The van der Waals surface area contributed by atoms with Gasteiger partial charge in [0.1, 0.15) is 16.9 Å². The number of urea groups is 1. The Bertz CT molecular complexity index is 718. The first-order valence-electron chi connectivity index (χ1n) is 12.6. The normalized spacial score (nSPS) is 22.5. The summed E-state index contributed by atoms with van der Waals surface area (Å²) in [6, 6.07) is -2.29. The van der Waals surface area contributed by atoms with Gasteiger partial charge in [-0.05, 0) is 37.5 Å². The van der Waals surface area contributed by atoms with E-state index in [1.54, 1.807) is 7.11 Å². The van der Waals surface area contributed by atoms with Crippen molar-refractivity contribution in [2.45, 2.75) is 97.2 Å². The molecule has 1 heterocycles. The first-order chi connectivity index (χ1) is 16.2. The number of alkyl halides is 2. The van der Waals surface area contributed by atoms with Crippen molar-refractivity contribution >= 4 is 41.0 Å².